The van der Waals surface area contributed by atoms with Crippen molar-refractivity contribution in [2.24, 2.45) is 7.05 Å². The number of ether oxygens (including phenoxy) is 1. The van der Waals surface area contributed by atoms with Crippen molar-refractivity contribution in [1.29, 1.82) is 5.26 Å². The van der Waals surface area contributed by atoms with Gasteiger partial charge >= 0.3 is 0 Å². The number of likely N-dealkylation sites (N-methyl/N-ethyl adjacent to an activating group) is 1. The number of halogens is 1. The van der Waals surface area contributed by atoms with Gasteiger partial charge in [0.15, 0.2) is 17.3 Å². The number of nitrogen functional groups attached to an aromatic ring is 1. The number of nitrogens with two attached hydrogens (primary N) is 1. The molecule has 0 unspecified atom stereocenters. The van der Waals surface area contributed by atoms with E-state index in [2.05, 4.69) is 27.7 Å². The van der Waals surface area contributed by atoms with E-state index in [0.29, 0.717) is 17.0 Å². The van der Waals surface area contributed by atoms with Crippen LogP contribution in [0.25, 0.3) is 22.4 Å². The predicted molar refractivity (Wildman–Crippen MR) is 134 cm³/mol. The molecule has 2 bridgehead atoms. The molecule has 4 aromatic rings. The molecule has 7 rings (SSSR count). The lowest BCUT2D eigenvalue weighted by molar-refractivity contribution is 0.0288. The number of anilines is 1. The fraction of sp³-hybridized carbons (Fsp3) is 0.333. The quantitative estimate of drug-likeness (QED) is 0.396. The van der Waals surface area contributed by atoms with Gasteiger partial charge in [0.05, 0.1) is 16.9 Å². The number of pyridine rings is 1. The number of likely N-dealkylation sites (tertiary alicyclic amines) is 1. The van der Waals surface area contributed by atoms with Gasteiger partial charge in [-0.15, -0.1) is 0 Å². The number of benzene rings is 1. The van der Waals surface area contributed by atoms with Gasteiger partial charge in [0, 0.05) is 66.3 Å². The molecule has 6 heterocycles. The molecule has 2 N–H and O–H groups in total. The SMILES string of the molecule is C[C@H]1Oc2cc(cnc2N)-c2c(C#N)nn3c2[C@H](CC32CN(C)C2)c2cn(C)nc2-c2ccc(F)cc21. The Kier molecular flexibility index (Phi) is 4.40. The number of nitrogens with zero attached hydrogens (tertiary/aromatic N) is 7. The Morgan fingerprint density at radius 1 is 1.19 bits per heavy atom. The molecular weight excluding hydrogens is 471 g/mol. The summed E-state index contributed by atoms with van der Waals surface area (Å²) in [7, 11) is 3.98. The molecule has 3 aliphatic rings. The van der Waals surface area contributed by atoms with E-state index in [0.717, 1.165) is 53.2 Å². The number of aryl methyl sites for hydroxylation is 1. The van der Waals surface area contributed by atoms with Crippen molar-refractivity contribution in [3.8, 4) is 34.2 Å². The molecule has 0 radical (unpaired) electrons. The second kappa shape index (κ2) is 7.40. The third-order valence-electron chi connectivity index (χ3n) is 7.93. The summed E-state index contributed by atoms with van der Waals surface area (Å²) in [5.74, 6) is 0.171. The maximum Gasteiger partial charge on any atom is 0.170 e. The Balaban J connectivity index is 1.58. The Hall–Kier alpha value is -4.23. The van der Waals surface area contributed by atoms with Gasteiger partial charge in [-0.05, 0) is 44.7 Å². The molecule has 37 heavy (non-hydrogen) atoms. The number of rotatable bonds is 0. The number of fused-ring (bicyclic) bond motifs is 8. The van der Waals surface area contributed by atoms with E-state index >= 15 is 0 Å². The lowest BCUT2D eigenvalue weighted by Crippen LogP contribution is -2.59. The van der Waals surface area contributed by atoms with Crippen molar-refractivity contribution in [2.75, 3.05) is 25.9 Å². The van der Waals surface area contributed by atoms with E-state index in [-0.39, 0.29) is 23.1 Å². The maximum atomic E-state index is 14.5. The zero-order valence-corrected chi connectivity index (χ0v) is 20.7. The fourth-order valence-corrected chi connectivity index (χ4v) is 6.52. The van der Waals surface area contributed by atoms with E-state index in [9.17, 15) is 9.65 Å². The van der Waals surface area contributed by atoms with Crippen LogP contribution in [0.5, 0.6) is 5.75 Å². The molecule has 3 aromatic heterocycles. The summed E-state index contributed by atoms with van der Waals surface area (Å²) in [6.45, 7) is 3.54. The monoisotopic (exact) mass is 496 g/mol. The van der Waals surface area contributed by atoms with Crippen LogP contribution >= 0.6 is 0 Å². The standard InChI is InChI=1S/C27H25FN8O/c1-14-18-7-16(28)4-5-17(18)24-20(11-35(3)33-24)19-8-27(12-34(2)13-27)36-25(19)23(21(9-29)32-36)15-6-22(37-14)26(30)31-10-15/h4-7,10-11,14,19H,8,12-13H2,1-3H3,(H2,30,31)/t14-,19-/m1/s1. The average Bonchev–Trinajstić information content (AvgIpc) is 3.51. The summed E-state index contributed by atoms with van der Waals surface area (Å²) in [5, 5.41) is 19.8. The largest absolute Gasteiger partial charge is 0.482 e. The van der Waals surface area contributed by atoms with Crippen molar-refractivity contribution < 1.29 is 9.13 Å². The smallest absolute Gasteiger partial charge is 0.170 e. The third kappa shape index (κ3) is 3.01. The number of aromatic nitrogens is 5. The summed E-state index contributed by atoms with van der Waals surface area (Å²) in [4.78, 5) is 6.66. The molecule has 1 spiro atoms. The minimum absolute atomic E-state index is 0.0726. The van der Waals surface area contributed by atoms with Crippen LogP contribution in [-0.2, 0) is 12.6 Å². The Bertz CT molecular complexity index is 1640. The van der Waals surface area contributed by atoms with E-state index < -0.39 is 6.10 Å². The normalized spacial score (nSPS) is 21.1. The highest BCUT2D eigenvalue weighted by Crippen LogP contribution is 2.54. The Labute approximate surface area is 212 Å². The first-order valence-electron chi connectivity index (χ1n) is 12.3. The van der Waals surface area contributed by atoms with Crippen LogP contribution in [0.1, 0.15) is 47.9 Å². The minimum atomic E-state index is -0.535. The third-order valence-corrected chi connectivity index (χ3v) is 7.93. The van der Waals surface area contributed by atoms with Crippen molar-refractivity contribution in [3.05, 3.63) is 65.0 Å². The first-order valence-corrected chi connectivity index (χ1v) is 12.3. The van der Waals surface area contributed by atoms with Crippen molar-refractivity contribution >= 4 is 5.82 Å². The number of hydrogen-bond donors (Lipinski definition) is 1. The Morgan fingerprint density at radius 2 is 2.00 bits per heavy atom. The summed E-state index contributed by atoms with van der Waals surface area (Å²) in [6.07, 6.45) is 4.00. The Morgan fingerprint density at radius 3 is 2.76 bits per heavy atom. The molecule has 10 heteroatoms. The minimum Gasteiger partial charge on any atom is -0.482 e. The van der Waals surface area contributed by atoms with E-state index in [1.165, 1.54) is 12.1 Å². The lowest BCUT2D eigenvalue weighted by Gasteiger charge is -2.46. The van der Waals surface area contributed by atoms with Crippen LogP contribution in [0.3, 0.4) is 0 Å². The van der Waals surface area contributed by atoms with Gasteiger partial charge in [0.1, 0.15) is 18.0 Å². The molecule has 1 saturated heterocycles. The van der Waals surface area contributed by atoms with E-state index in [4.69, 9.17) is 20.7 Å². The van der Waals surface area contributed by atoms with Crippen LogP contribution in [0, 0.1) is 17.1 Å². The first-order chi connectivity index (χ1) is 17.8. The molecule has 1 aromatic carbocycles. The second-order valence-electron chi connectivity index (χ2n) is 10.5. The molecular formula is C27H25FN8O. The van der Waals surface area contributed by atoms with Crippen molar-refractivity contribution in [3.63, 3.8) is 0 Å². The van der Waals surface area contributed by atoms with E-state index in [1.54, 1.807) is 16.9 Å². The molecule has 0 saturated carbocycles. The predicted octanol–water partition coefficient (Wildman–Crippen LogP) is 3.57. The van der Waals surface area contributed by atoms with Crippen molar-refractivity contribution in [1.82, 2.24) is 29.4 Å². The summed E-state index contributed by atoms with van der Waals surface area (Å²) in [5.41, 5.74) is 12.0. The van der Waals surface area contributed by atoms with Crippen LogP contribution in [0.4, 0.5) is 10.2 Å². The summed E-state index contributed by atoms with van der Waals surface area (Å²) in [6, 6.07) is 8.85. The zero-order valence-electron chi connectivity index (χ0n) is 20.7. The summed E-state index contributed by atoms with van der Waals surface area (Å²) < 4.78 is 24.7. The molecule has 0 amide bonds. The van der Waals surface area contributed by atoms with Crippen molar-refractivity contribution in [2.45, 2.75) is 30.9 Å². The number of hydrogen-bond acceptors (Lipinski definition) is 7. The van der Waals surface area contributed by atoms with Gasteiger partial charge < -0.3 is 15.4 Å². The highest BCUT2D eigenvalue weighted by molar-refractivity contribution is 5.77. The molecule has 0 aliphatic carbocycles. The molecule has 1 fully saturated rings. The highest BCUT2D eigenvalue weighted by atomic mass is 19.1. The van der Waals surface area contributed by atoms with Gasteiger partial charge in [-0.3, -0.25) is 9.36 Å². The van der Waals surface area contributed by atoms with Gasteiger partial charge in [-0.25, -0.2) is 9.37 Å². The topological polar surface area (TPSA) is 111 Å². The molecule has 3 aliphatic heterocycles. The zero-order chi connectivity index (χ0) is 25.6. The molecule has 186 valence electrons. The number of nitriles is 1. The van der Waals surface area contributed by atoms with Crippen LogP contribution in [-0.4, -0.2) is 49.6 Å². The van der Waals surface area contributed by atoms with Gasteiger partial charge in [0.25, 0.3) is 0 Å². The first kappa shape index (κ1) is 22.0. The lowest BCUT2D eigenvalue weighted by atomic mass is 9.80. The summed E-state index contributed by atoms with van der Waals surface area (Å²) >= 11 is 0. The second-order valence-corrected chi connectivity index (χ2v) is 10.5. The van der Waals surface area contributed by atoms with Crippen LogP contribution < -0.4 is 10.5 Å². The van der Waals surface area contributed by atoms with Gasteiger partial charge in [-0.1, -0.05) is 0 Å². The molecule has 2 atom stereocenters. The van der Waals surface area contributed by atoms with E-state index in [1.807, 2.05) is 26.2 Å². The average molecular weight is 497 g/mol. The highest BCUT2D eigenvalue weighted by Gasteiger charge is 2.54. The van der Waals surface area contributed by atoms with Gasteiger partial charge in [-0.2, -0.15) is 15.5 Å². The molecule has 9 nitrogen and oxygen atoms in total. The van der Waals surface area contributed by atoms with Crippen LogP contribution in [0.2, 0.25) is 0 Å². The maximum absolute atomic E-state index is 14.5. The van der Waals surface area contributed by atoms with Crippen LogP contribution in [0.15, 0.2) is 36.7 Å². The van der Waals surface area contributed by atoms with Gasteiger partial charge in [0.2, 0.25) is 0 Å². The fourth-order valence-electron chi connectivity index (χ4n) is 6.52.